The maximum atomic E-state index is 4.09. The molecule has 0 bridgehead atoms. The van der Waals surface area contributed by atoms with E-state index in [-0.39, 0.29) is 0 Å². The summed E-state index contributed by atoms with van der Waals surface area (Å²) in [6.07, 6.45) is 11.8. The van der Waals surface area contributed by atoms with Gasteiger partial charge in [-0.3, -0.25) is 0 Å². The Labute approximate surface area is 94.8 Å². The van der Waals surface area contributed by atoms with Crippen LogP contribution < -0.4 is 0 Å². The van der Waals surface area contributed by atoms with Gasteiger partial charge in [0.05, 0.1) is 0 Å². The molecule has 1 atom stereocenters. The summed E-state index contributed by atoms with van der Waals surface area (Å²) in [4.78, 5) is 0. The fraction of sp³-hybridized carbons (Fsp3) is 0.600. The van der Waals surface area contributed by atoms with Crippen LogP contribution in [0.3, 0.4) is 0 Å². The van der Waals surface area contributed by atoms with Crippen molar-refractivity contribution in [1.29, 1.82) is 0 Å². The molecule has 15 heavy (non-hydrogen) atoms. The van der Waals surface area contributed by atoms with Crippen LogP contribution in [0.25, 0.3) is 0 Å². The third kappa shape index (κ3) is 4.51. The maximum absolute atomic E-state index is 4.09. The molecule has 0 nitrogen and oxygen atoms in total. The minimum Gasteiger partial charge on any atom is -0.0958 e. The lowest BCUT2D eigenvalue weighted by molar-refractivity contribution is 0.435. The van der Waals surface area contributed by atoms with Gasteiger partial charge >= 0.3 is 0 Å². The Bertz CT molecular complexity index is 266. The molecule has 1 aliphatic rings. The summed E-state index contributed by atoms with van der Waals surface area (Å²) in [5.74, 6) is 1.45. The van der Waals surface area contributed by atoms with E-state index in [9.17, 15) is 0 Å². The van der Waals surface area contributed by atoms with Crippen LogP contribution in [-0.4, -0.2) is 0 Å². The van der Waals surface area contributed by atoms with Gasteiger partial charge in [-0.2, -0.15) is 0 Å². The fourth-order valence-corrected chi connectivity index (χ4v) is 2.00. The molecule has 0 spiro atoms. The summed E-state index contributed by atoms with van der Waals surface area (Å²) in [6.45, 7) is 11.0. The molecule has 0 unspecified atom stereocenters. The molecule has 0 heterocycles. The van der Waals surface area contributed by atoms with Gasteiger partial charge in [0.2, 0.25) is 0 Å². The average molecular weight is 204 g/mol. The van der Waals surface area contributed by atoms with E-state index in [2.05, 4.69) is 45.6 Å². The summed E-state index contributed by atoms with van der Waals surface area (Å²) < 4.78 is 0. The Morgan fingerprint density at radius 2 is 2.07 bits per heavy atom. The summed E-state index contributed by atoms with van der Waals surface area (Å²) in [5, 5.41) is 0. The van der Waals surface area contributed by atoms with Gasteiger partial charge < -0.3 is 0 Å². The van der Waals surface area contributed by atoms with Crippen molar-refractivity contribution in [3.63, 3.8) is 0 Å². The molecular weight excluding hydrogens is 180 g/mol. The zero-order chi connectivity index (χ0) is 11.3. The molecule has 1 rings (SSSR count). The molecule has 84 valence electrons. The highest BCUT2D eigenvalue weighted by molar-refractivity contribution is 5.17. The Morgan fingerprint density at radius 1 is 1.33 bits per heavy atom. The molecule has 0 radical (unpaired) electrons. The Morgan fingerprint density at radius 3 is 2.73 bits per heavy atom. The minimum atomic E-state index is 0.711. The van der Waals surface area contributed by atoms with E-state index in [1.165, 1.54) is 18.4 Å². The molecule has 0 aliphatic heterocycles. The number of allylic oxidation sites excluding steroid dienone is 5. The molecule has 0 N–H and O–H groups in total. The molecule has 1 aliphatic carbocycles. The van der Waals surface area contributed by atoms with Gasteiger partial charge in [0.25, 0.3) is 0 Å². The minimum absolute atomic E-state index is 0.711. The fourth-order valence-electron chi connectivity index (χ4n) is 2.00. The normalized spacial score (nSPS) is 27.6. The molecule has 0 aromatic carbocycles. The van der Waals surface area contributed by atoms with Crippen LogP contribution in [0.4, 0.5) is 0 Å². The third-order valence-electron chi connectivity index (χ3n) is 3.27. The summed E-state index contributed by atoms with van der Waals surface area (Å²) in [6, 6.07) is 0. The molecule has 0 amide bonds. The largest absolute Gasteiger partial charge is 0.0958 e. The second-order valence-corrected chi connectivity index (χ2v) is 5.05. The van der Waals surface area contributed by atoms with Crippen molar-refractivity contribution in [2.24, 2.45) is 11.8 Å². The first-order chi connectivity index (χ1) is 7.09. The Kier molecular flexibility index (Phi) is 4.87. The predicted molar refractivity (Wildman–Crippen MR) is 68.8 cm³/mol. The maximum Gasteiger partial charge on any atom is -0.0204 e. The van der Waals surface area contributed by atoms with Gasteiger partial charge in [0, 0.05) is 0 Å². The third-order valence-corrected chi connectivity index (χ3v) is 3.27. The van der Waals surface area contributed by atoms with Crippen molar-refractivity contribution in [2.75, 3.05) is 0 Å². The van der Waals surface area contributed by atoms with Gasteiger partial charge in [0.1, 0.15) is 0 Å². The lowest BCUT2D eigenvalue weighted by Gasteiger charge is -2.18. The zero-order valence-electron chi connectivity index (χ0n) is 10.4. The van der Waals surface area contributed by atoms with Crippen molar-refractivity contribution >= 4 is 0 Å². The number of hydrogen-bond donors (Lipinski definition) is 0. The van der Waals surface area contributed by atoms with E-state index in [4.69, 9.17) is 0 Å². The van der Waals surface area contributed by atoms with Crippen LogP contribution in [0.5, 0.6) is 0 Å². The molecule has 0 aromatic rings. The van der Waals surface area contributed by atoms with Gasteiger partial charge in [-0.15, -0.1) is 0 Å². The highest BCUT2D eigenvalue weighted by Crippen LogP contribution is 2.24. The molecular formula is C15H24. The molecule has 0 heteroatoms. The van der Waals surface area contributed by atoms with E-state index < -0.39 is 0 Å². The first-order valence-corrected chi connectivity index (χ1v) is 6.11. The molecule has 0 saturated carbocycles. The van der Waals surface area contributed by atoms with Crippen LogP contribution in [0.1, 0.15) is 46.5 Å². The van der Waals surface area contributed by atoms with E-state index in [0.29, 0.717) is 5.92 Å². The Hall–Kier alpha value is -0.780. The smallest absolute Gasteiger partial charge is 0.0204 e. The number of hydrogen-bond acceptors (Lipinski definition) is 0. The van der Waals surface area contributed by atoms with Crippen molar-refractivity contribution in [2.45, 2.75) is 46.5 Å². The average Bonchev–Trinajstić information content (AvgIpc) is 2.16. The quantitative estimate of drug-likeness (QED) is 0.533. The second kappa shape index (κ2) is 5.95. The van der Waals surface area contributed by atoms with Gasteiger partial charge in [-0.05, 0) is 44.4 Å². The highest BCUT2D eigenvalue weighted by Gasteiger charge is 2.10. The van der Waals surface area contributed by atoms with Crippen molar-refractivity contribution in [3.8, 4) is 0 Å². The Balaban J connectivity index is 2.70. The second-order valence-electron chi connectivity index (χ2n) is 5.05. The predicted octanol–water partition coefficient (Wildman–Crippen LogP) is 4.89. The van der Waals surface area contributed by atoms with Crippen LogP contribution in [0.15, 0.2) is 36.0 Å². The first kappa shape index (κ1) is 12.3. The monoisotopic (exact) mass is 204 g/mol. The summed E-state index contributed by atoms with van der Waals surface area (Å²) in [7, 11) is 0. The first-order valence-electron chi connectivity index (χ1n) is 6.11. The van der Waals surface area contributed by atoms with Gasteiger partial charge in [0.15, 0.2) is 0 Å². The lowest BCUT2D eigenvalue weighted by atomic mass is 9.88. The van der Waals surface area contributed by atoms with E-state index in [1.807, 2.05) is 0 Å². The van der Waals surface area contributed by atoms with Gasteiger partial charge in [-0.25, -0.2) is 0 Å². The van der Waals surface area contributed by atoms with E-state index in [0.717, 1.165) is 18.8 Å². The van der Waals surface area contributed by atoms with Crippen LogP contribution in [0.2, 0.25) is 0 Å². The SMILES string of the molecule is C=C1C=C[C@H](C(C)C)CC/C(C)=C/CC1. The molecule has 0 fully saturated rings. The molecule has 0 aromatic heterocycles. The van der Waals surface area contributed by atoms with Crippen LogP contribution in [-0.2, 0) is 0 Å². The standard InChI is InChI=1S/C15H24/c1-12(2)15-10-8-13(3)6-5-7-14(4)9-11-15/h7-8,10,12,15H,3,5-6,9,11H2,1-2,4H3/b10-8?,14-7+/t15-/m0/s1. The van der Waals surface area contributed by atoms with E-state index in [1.54, 1.807) is 5.57 Å². The van der Waals surface area contributed by atoms with Crippen molar-refractivity contribution in [1.82, 2.24) is 0 Å². The van der Waals surface area contributed by atoms with Gasteiger partial charge in [-0.1, -0.05) is 49.8 Å². The van der Waals surface area contributed by atoms with Crippen LogP contribution in [0, 0.1) is 11.8 Å². The van der Waals surface area contributed by atoms with Crippen LogP contribution >= 0.6 is 0 Å². The number of rotatable bonds is 1. The zero-order valence-corrected chi connectivity index (χ0v) is 10.4. The highest BCUT2D eigenvalue weighted by atomic mass is 14.2. The topological polar surface area (TPSA) is 0 Å². The van der Waals surface area contributed by atoms with E-state index >= 15 is 0 Å². The summed E-state index contributed by atoms with van der Waals surface area (Å²) >= 11 is 0. The van der Waals surface area contributed by atoms with Crippen molar-refractivity contribution in [3.05, 3.63) is 36.0 Å². The summed E-state index contributed by atoms with van der Waals surface area (Å²) in [5.41, 5.74) is 2.82. The lowest BCUT2D eigenvalue weighted by Crippen LogP contribution is -2.06. The molecule has 0 saturated heterocycles. The van der Waals surface area contributed by atoms with Crippen molar-refractivity contribution < 1.29 is 0 Å².